The molecular formula is C18H19NO2. The Hall–Kier alpha value is -2.16. The van der Waals surface area contributed by atoms with E-state index >= 15 is 0 Å². The van der Waals surface area contributed by atoms with Crippen molar-refractivity contribution in [2.24, 2.45) is 5.92 Å². The summed E-state index contributed by atoms with van der Waals surface area (Å²) in [7, 11) is 0. The minimum Gasteiger partial charge on any atom is -0.454 e. The summed E-state index contributed by atoms with van der Waals surface area (Å²) in [5.41, 5.74) is 3.76. The quantitative estimate of drug-likeness (QED) is 0.907. The summed E-state index contributed by atoms with van der Waals surface area (Å²) in [4.78, 5) is 0. The van der Waals surface area contributed by atoms with Gasteiger partial charge >= 0.3 is 0 Å². The van der Waals surface area contributed by atoms with Gasteiger partial charge in [0.15, 0.2) is 11.5 Å². The zero-order valence-corrected chi connectivity index (χ0v) is 12.1. The number of hydrogen-bond acceptors (Lipinski definition) is 3. The number of fused-ring (bicyclic) bond motifs is 1. The van der Waals surface area contributed by atoms with Gasteiger partial charge in [-0.1, -0.05) is 29.8 Å². The Morgan fingerprint density at radius 2 is 1.76 bits per heavy atom. The lowest BCUT2D eigenvalue weighted by Crippen LogP contribution is -2.12. The third kappa shape index (κ3) is 2.56. The number of anilines is 1. The second-order valence-electron chi connectivity index (χ2n) is 5.94. The van der Waals surface area contributed by atoms with Gasteiger partial charge in [0.25, 0.3) is 0 Å². The highest BCUT2D eigenvalue weighted by molar-refractivity contribution is 5.56. The first-order chi connectivity index (χ1) is 10.3. The predicted molar refractivity (Wildman–Crippen MR) is 82.8 cm³/mol. The van der Waals surface area contributed by atoms with Crippen LogP contribution in [0.25, 0.3) is 0 Å². The van der Waals surface area contributed by atoms with Crippen molar-refractivity contribution in [2.45, 2.75) is 25.8 Å². The molecule has 21 heavy (non-hydrogen) atoms. The number of benzene rings is 2. The third-order valence-corrected chi connectivity index (χ3v) is 4.22. The molecule has 1 saturated carbocycles. The molecule has 108 valence electrons. The fourth-order valence-electron chi connectivity index (χ4n) is 2.84. The summed E-state index contributed by atoms with van der Waals surface area (Å²) in [5, 5.41) is 3.67. The summed E-state index contributed by atoms with van der Waals surface area (Å²) < 4.78 is 10.8. The van der Waals surface area contributed by atoms with Crippen LogP contribution in [-0.2, 0) is 0 Å². The van der Waals surface area contributed by atoms with Gasteiger partial charge in [-0.25, -0.2) is 0 Å². The Morgan fingerprint density at radius 1 is 1.00 bits per heavy atom. The Balaban J connectivity index is 1.59. The van der Waals surface area contributed by atoms with Gasteiger partial charge in [-0.2, -0.15) is 0 Å². The second kappa shape index (κ2) is 4.99. The highest BCUT2D eigenvalue weighted by atomic mass is 16.7. The first-order valence-corrected chi connectivity index (χ1v) is 7.52. The maximum absolute atomic E-state index is 5.46. The van der Waals surface area contributed by atoms with Gasteiger partial charge in [-0.3, -0.25) is 0 Å². The zero-order valence-electron chi connectivity index (χ0n) is 12.1. The van der Waals surface area contributed by atoms with Crippen molar-refractivity contribution in [3.8, 4) is 11.5 Å². The average molecular weight is 281 g/mol. The lowest BCUT2D eigenvalue weighted by atomic mass is 10.0. The van der Waals surface area contributed by atoms with Crippen LogP contribution in [0.15, 0.2) is 42.5 Å². The van der Waals surface area contributed by atoms with E-state index in [-0.39, 0.29) is 0 Å². The standard InChI is InChI=1S/C18H19NO2/c1-12-2-4-13(5-3-12)18(14-6-7-14)19-15-8-9-16-17(10-15)21-11-20-16/h2-5,8-10,14,18-19H,6-7,11H2,1H3. The molecule has 1 aliphatic carbocycles. The molecule has 1 N–H and O–H groups in total. The van der Waals surface area contributed by atoms with E-state index in [4.69, 9.17) is 9.47 Å². The van der Waals surface area contributed by atoms with Gasteiger partial charge < -0.3 is 14.8 Å². The molecule has 2 aromatic carbocycles. The van der Waals surface area contributed by atoms with Gasteiger partial charge in [0.1, 0.15) is 0 Å². The predicted octanol–water partition coefficient (Wildman–Crippen LogP) is 4.29. The van der Waals surface area contributed by atoms with E-state index in [0.29, 0.717) is 12.8 Å². The van der Waals surface area contributed by atoms with E-state index in [0.717, 1.165) is 23.1 Å². The second-order valence-corrected chi connectivity index (χ2v) is 5.94. The Morgan fingerprint density at radius 3 is 2.52 bits per heavy atom. The summed E-state index contributed by atoms with van der Waals surface area (Å²) in [6.07, 6.45) is 2.60. The van der Waals surface area contributed by atoms with Gasteiger partial charge in [0.2, 0.25) is 6.79 Å². The molecule has 2 aliphatic rings. The van der Waals surface area contributed by atoms with Crippen LogP contribution in [0.2, 0.25) is 0 Å². The van der Waals surface area contributed by atoms with Crippen LogP contribution in [0.3, 0.4) is 0 Å². The van der Waals surface area contributed by atoms with Crippen LogP contribution in [0.5, 0.6) is 11.5 Å². The van der Waals surface area contributed by atoms with Crippen molar-refractivity contribution in [1.82, 2.24) is 0 Å². The molecule has 0 radical (unpaired) electrons. The number of hydrogen-bond donors (Lipinski definition) is 1. The van der Waals surface area contributed by atoms with E-state index in [1.165, 1.54) is 24.0 Å². The molecule has 4 rings (SSSR count). The van der Waals surface area contributed by atoms with Crippen LogP contribution in [-0.4, -0.2) is 6.79 Å². The Kier molecular flexibility index (Phi) is 2.99. The van der Waals surface area contributed by atoms with Crippen molar-refractivity contribution < 1.29 is 9.47 Å². The van der Waals surface area contributed by atoms with Crippen molar-refractivity contribution in [1.29, 1.82) is 0 Å². The molecule has 3 nitrogen and oxygen atoms in total. The van der Waals surface area contributed by atoms with Crippen molar-refractivity contribution in [3.05, 3.63) is 53.6 Å². The molecule has 1 atom stereocenters. The molecule has 0 aromatic heterocycles. The van der Waals surface area contributed by atoms with Crippen LogP contribution in [0.1, 0.15) is 30.0 Å². The van der Waals surface area contributed by atoms with Crippen LogP contribution in [0.4, 0.5) is 5.69 Å². The summed E-state index contributed by atoms with van der Waals surface area (Å²) in [6, 6.07) is 15.3. The van der Waals surface area contributed by atoms with Gasteiger partial charge in [-0.05, 0) is 43.4 Å². The lowest BCUT2D eigenvalue weighted by molar-refractivity contribution is 0.174. The molecule has 0 saturated heterocycles. The largest absolute Gasteiger partial charge is 0.454 e. The van der Waals surface area contributed by atoms with Crippen molar-refractivity contribution in [2.75, 3.05) is 12.1 Å². The van der Waals surface area contributed by atoms with E-state index in [9.17, 15) is 0 Å². The van der Waals surface area contributed by atoms with E-state index in [1.54, 1.807) is 0 Å². The highest BCUT2D eigenvalue weighted by Gasteiger charge is 2.32. The van der Waals surface area contributed by atoms with E-state index in [2.05, 4.69) is 42.6 Å². The molecule has 0 spiro atoms. The van der Waals surface area contributed by atoms with Crippen LogP contribution in [0, 0.1) is 12.8 Å². The molecule has 0 amide bonds. The van der Waals surface area contributed by atoms with Crippen LogP contribution < -0.4 is 14.8 Å². The topological polar surface area (TPSA) is 30.5 Å². The smallest absolute Gasteiger partial charge is 0.231 e. The van der Waals surface area contributed by atoms with E-state index < -0.39 is 0 Å². The number of aryl methyl sites for hydroxylation is 1. The molecular weight excluding hydrogens is 262 g/mol. The lowest BCUT2D eigenvalue weighted by Gasteiger charge is -2.20. The van der Waals surface area contributed by atoms with Gasteiger partial charge in [-0.15, -0.1) is 0 Å². The monoisotopic (exact) mass is 281 g/mol. The first kappa shape index (κ1) is 12.6. The summed E-state index contributed by atoms with van der Waals surface area (Å²) in [6.45, 7) is 2.45. The molecule has 1 fully saturated rings. The van der Waals surface area contributed by atoms with Crippen molar-refractivity contribution >= 4 is 5.69 Å². The first-order valence-electron chi connectivity index (χ1n) is 7.52. The maximum atomic E-state index is 5.46. The summed E-state index contributed by atoms with van der Waals surface area (Å²) >= 11 is 0. The normalized spacial score (nSPS) is 17.6. The van der Waals surface area contributed by atoms with E-state index in [1.807, 2.05) is 12.1 Å². The fraction of sp³-hybridized carbons (Fsp3) is 0.333. The zero-order chi connectivity index (χ0) is 14.2. The highest BCUT2D eigenvalue weighted by Crippen LogP contribution is 2.44. The number of rotatable bonds is 4. The molecule has 0 bridgehead atoms. The number of nitrogens with one attached hydrogen (secondary N) is 1. The summed E-state index contributed by atoms with van der Waals surface area (Å²) in [5.74, 6) is 2.40. The van der Waals surface area contributed by atoms with Crippen LogP contribution >= 0.6 is 0 Å². The molecule has 1 aliphatic heterocycles. The minimum atomic E-state index is 0.322. The molecule has 3 heteroatoms. The molecule has 2 aromatic rings. The SMILES string of the molecule is Cc1ccc(C(Nc2ccc3c(c2)OCO3)C2CC2)cc1. The van der Waals surface area contributed by atoms with Crippen molar-refractivity contribution in [3.63, 3.8) is 0 Å². The van der Waals surface area contributed by atoms with Gasteiger partial charge in [0, 0.05) is 11.8 Å². The Bertz CT molecular complexity index is 647. The maximum Gasteiger partial charge on any atom is 0.231 e. The van der Waals surface area contributed by atoms with Gasteiger partial charge in [0.05, 0.1) is 6.04 Å². The third-order valence-electron chi connectivity index (χ3n) is 4.22. The molecule has 1 heterocycles. The number of ether oxygens (including phenoxy) is 2. The minimum absolute atomic E-state index is 0.322. The average Bonchev–Trinajstić information content (AvgIpc) is 3.23. The Labute approximate surface area is 124 Å². The molecule has 1 unspecified atom stereocenters. The fourth-order valence-corrected chi connectivity index (χ4v) is 2.84.